The maximum atomic E-state index is 13.7. The van der Waals surface area contributed by atoms with Gasteiger partial charge in [-0.1, -0.05) is 15.9 Å². The van der Waals surface area contributed by atoms with Crippen LogP contribution in [-0.4, -0.2) is 20.5 Å². The van der Waals surface area contributed by atoms with E-state index in [-0.39, 0.29) is 11.6 Å². The zero-order valence-electron chi connectivity index (χ0n) is 10.3. The van der Waals surface area contributed by atoms with Crippen molar-refractivity contribution in [2.24, 2.45) is 0 Å². The third kappa shape index (κ3) is 3.07. The van der Waals surface area contributed by atoms with Gasteiger partial charge in [0.1, 0.15) is 16.4 Å². The number of methoxy groups -OCH3 is 1. The summed E-state index contributed by atoms with van der Waals surface area (Å²) in [7, 11) is -2.70. The Labute approximate surface area is 124 Å². The van der Waals surface area contributed by atoms with Gasteiger partial charge in [-0.05, 0) is 30.3 Å². The van der Waals surface area contributed by atoms with Crippen molar-refractivity contribution in [1.82, 2.24) is 4.98 Å². The molecule has 5 nitrogen and oxygen atoms in total. The van der Waals surface area contributed by atoms with E-state index in [1.807, 2.05) is 0 Å². The van der Waals surface area contributed by atoms with Crippen LogP contribution in [0.4, 0.5) is 10.1 Å². The van der Waals surface area contributed by atoms with Crippen molar-refractivity contribution in [3.63, 3.8) is 0 Å². The molecule has 8 heteroatoms. The second kappa shape index (κ2) is 5.76. The highest BCUT2D eigenvalue weighted by Gasteiger charge is 2.21. The van der Waals surface area contributed by atoms with Gasteiger partial charge in [-0.3, -0.25) is 4.72 Å². The van der Waals surface area contributed by atoms with Gasteiger partial charge in [-0.2, -0.15) is 0 Å². The summed E-state index contributed by atoms with van der Waals surface area (Å²) in [6, 6.07) is 6.70. The number of sulfonamides is 1. The van der Waals surface area contributed by atoms with Crippen molar-refractivity contribution in [3.05, 3.63) is 46.8 Å². The van der Waals surface area contributed by atoms with Crippen molar-refractivity contribution in [1.29, 1.82) is 0 Å². The molecule has 0 radical (unpaired) electrons. The van der Waals surface area contributed by atoms with Crippen molar-refractivity contribution >= 4 is 31.6 Å². The number of benzene rings is 1. The molecule has 0 unspecified atom stereocenters. The number of aromatic nitrogens is 1. The fraction of sp³-hybridized carbons (Fsp3) is 0.0833. The summed E-state index contributed by atoms with van der Waals surface area (Å²) in [6.45, 7) is 0. The van der Waals surface area contributed by atoms with Crippen LogP contribution >= 0.6 is 15.9 Å². The largest absolute Gasteiger partial charge is 0.480 e. The first kappa shape index (κ1) is 14.7. The number of anilines is 1. The van der Waals surface area contributed by atoms with Crippen molar-refractivity contribution in [3.8, 4) is 5.88 Å². The standard InChI is InChI=1S/C12H10BrFN2O3S/c1-19-12-10(3-2-6-15-12)16-20(17,18)11-5-4-8(13)7-9(11)14/h2-7,16H,1H3. The summed E-state index contributed by atoms with van der Waals surface area (Å²) in [5.41, 5.74) is 0.136. The van der Waals surface area contributed by atoms with Crippen molar-refractivity contribution in [2.75, 3.05) is 11.8 Å². The molecule has 0 saturated carbocycles. The first-order valence-electron chi connectivity index (χ1n) is 5.41. The number of halogens is 2. The number of nitrogens with one attached hydrogen (secondary N) is 1. The molecule has 2 rings (SSSR count). The molecule has 0 aliphatic carbocycles. The van der Waals surface area contributed by atoms with Crippen LogP contribution in [0.2, 0.25) is 0 Å². The number of ether oxygens (including phenoxy) is 1. The van der Waals surface area contributed by atoms with Crippen LogP contribution in [0, 0.1) is 5.82 Å². The van der Waals surface area contributed by atoms with E-state index in [2.05, 4.69) is 25.6 Å². The molecule has 106 valence electrons. The third-order valence-corrected chi connectivity index (χ3v) is 4.28. The van der Waals surface area contributed by atoms with E-state index in [0.717, 1.165) is 6.07 Å². The van der Waals surface area contributed by atoms with Gasteiger partial charge < -0.3 is 4.74 Å². The zero-order valence-corrected chi connectivity index (χ0v) is 12.7. The number of pyridine rings is 1. The molecule has 1 heterocycles. The lowest BCUT2D eigenvalue weighted by atomic mass is 10.3. The van der Waals surface area contributed by atoms with Crippen LogP contribution in [-0.2, 0) is 10.0 Å². The minimum Gasteiger partial charge on any atom is -0.480 e. The maximum Gasteiger partial charge on any atom is 0.264 e. The number of hydrogen-bond acceptors (Lipinski definition) is 4. The summed E-state index contributed by atoms with van der Waals surface area (Å²) in [4.78, 5) is 3.41. The lowest BCUT2D eigenvalue weighted by Gasteiger charge is -2.11. The summed E-state index contributed by atoms with van der Waals surface area (Å²) in [5.74, 6) is -0.747. The van der Waals surface area contributed by atoms with Crippen molar-refractivity contribution in [2.45, 2.75) is 4.90 Å². The van der Waals surface area contributed by atoms with Gasteiger partial charge in [0.25, 0.3) is 10.0 Å². The highest BCUT2D eigenvalue weighted by molar-refractivity contribution is 9.10. The smallest absolute Gasteiger partial charge is 0.264 e. The monoisotopic (exact) mass is 360 g/mol. The molecule has 0 fully saturated rings. The van der Waals surface area contributed by atoms with E-state index >= 15 is 0 Å². The topological polar surface area (TPSA) is 68.3 Å². The van der Waals surface area contributed by atoms with Gasteiger partial charge in [0.15, 0.2) is 0 Å². The molecule has 0 aliphatic rings. The molecule has 1 N–H and O–H groups in total. The van der Waals surface area contributed by atoms with E-state index < -0.39 is 20.7 Å². The van der Waals surface area contributed by atoms with E-state index in [0.29, 0.717) is 4.47 Å². The molecule has 1 aromatic carbocycles. The molecule has 1 aromatic heterocycles. The van der Waals surface area contributed by atoms with E-state index in [9.17, 15) is 12.8 Å². The number of nitrogens with zero attached hydrogens (tertiary/aromatic N) is 1. The van der Waals surface area contributed by atoms with Gasteiger partial charge >= 0.3 is 0 Å². The summed E-state index contributed by atoms with van der Waals surface area (Å²) < 4.78 is 45.7. The minimum atomic E-state index is -4.06. The third-order valence-electron chi connectivity index (χ3n) is 2.39. The van der Waals surface area contributed by atoms with E-state index in [1.54, 1.807) is 0 Å². The molecule has 2 aromatic rings. The Hall–Kier alpha value is -1.67. The fourth-order valence-corrected chi connectivity index (χ4v) is 2.97. The first-order valence-corrected chi connectivity index (χ1v) is 7.68. The average molecular weight is 361 g/mol. The molecule has 0 aliphatic heterocycles. The number of rotatable bonds is 4. The lowest BCUT2D eigenvalue weighted by molar-refractivity contribution is 0.400. The molecule has 0 amide bonds. The Balaban J connectivity index is 2.41. The number of hydrogen-bond donors (Lipinski definition) is 1. The van der Waals surface area contributed by atoms with Gasteiger partial charge in [-0.15, -0.1) is 0 Å². The summed E-state index contributed by atoms with van der Waals surface area (Å²) >= 11 is 3.07. The highest BCUT2D eigenvalue weighted by atomic mass is 79.9. The Morgan fingerprint density at radius 3 is 2.75 bits per heavy atom. The summed E-state index contributed by atoms with van der Waals surface area (Å²) in [6.07, 6.45) is 1.46. The van der Waals surface area contributed by atoms with Crippen LogP contribution in [0.25, 0.3) is 0 Å². The highest BCUT2D eigenvalue weighted by Crippen LogP contribution is 2.25. The van der Waals surface area contributed by atoms with Crippen LogP contribution in [0.1, 0.15) is 0 Å². The van der Waals surface area contributed by atoms with Crippen LogP contribution in [0.3, 0.4) is 0 Å². The van der Waals surface area contributed by atoms with Gasteiger partial charge in [0.2, 0.25) is 5.88 Å². The predicted octanol–water partition coefficient (Wildman–Crippen LogP) is 2.79. The molecule has 0 bridgehead atoms. The van der Waals surface area contributed by atoms with Gasteiger partial charge in [-0.25, -0.2) is 17.8 Å². The predicted molar refractivity (Wildman–Crippen MR) is 75.7 cm³/mol. The van der Waals surface area contributed by atoms with Crippen LogP contribution < -0.4 is 9.46 Å². The quantitative estimate of drug-likeness (QED) is 0.909. The second-order valence-electron chi connectivity index (χ2n) is 3.74. The Kier molecular flexibility index (Phi) is 4.24. The first-order chi connectivity index (χ1) is 9.44. The molecule has 0 spiro atoms. The molecular formula is C12H10BrFN2O3S. The fourth-order valence-electron chi connectivity index (χ4n) is 1.52. The molecular weight excluding hydrogens is 351 g/mol. The Morgan fingerprint density at radius 1 is 1.35 bits per heavy atom. The molecule has 0 atom stereocenters. The van der Waals surface area contributed by atoms with Gasteiger partial charge in [0.05, 0.1) is 7.11 Å². The van der Waals surface area contributed by atoms with Gasteiger partial charge in [0, 0.05) is 10.7 Å². The Bertz CT molecular complexity index is 737. The van der Waals surface area contributed by atoms with Crippen LogP contribution in [0.15, 0.2) is 45.9 Å². The minimum absolute atomic E-state index is 0.105. The van der Waals surface area contributed by atoms with Crippen LogP contribution in [0.5, 0.6) is 5.88 Å². The van der Waals surface area contributed by atoms with E-state index in [1.165, 1.54) is 37.6 Å². The van der Waals surface area contributed by atoms with E-state index in [4.69, 9.17) is 4.74 Å². The summed E-state index contributed by atoms with van der Waals surface area (Å²) in [5, 5.41) is 0. The SMILES string of the molecule is COc1ncccc1NS(=O)(=O)c1ccc(Br)cc1F. The Morgan fingerprint density at radius 2 is 2.10 bits per heavy atom. The lowest BCUT2D eigenvalue weighted by Crippen LogP contribution is -2.15. The van der Waals surface area contributed by atoms with Crippen molar-refractivity contribution < 1.29 is 17.5 Å². The molecule has 0 saturated heterocycles. The zero-order chi connectivity index (χ0) is 14.8. The maximum absolute atomic E-state index is 13.7. The molecule has 20 heavy (non-hydrogen) atoms. The normalized spacial score (nSPS) is 11.2. The second-order valence-corrected chi connectivity index (χ2v) is 6.31. The average Bonchev–Trinajstić information content (AvgIpc) is 2.38.